The van der Waals surface area contributed by atoms with E-state index in [1.54, 1.807) is 31.4 Å². The molecule has 26 heavy (non-hydrogen) atoms. The van der Waals surface area contributed by atoms with Gasteiger partial charge >= 0.3 is 0 Å². The van der Waals surface area contributed by atoms with E-state index in [4.69, 9.17) is 9.47 Å². The molecular weight excluding hydrogens is 332 g/mol. The highest BCUT2D eigenvalue weighted by Gasteiger charge is 2.23. The van der Waals surface area contributed by atoms with Gasteiger partial charge in [-0.1, -0.05) is 23.8 Å². The molecule has 0 saturated carbocycles. The van der Waals surface area contributed by atoms with E-state index in [9.17, 15) is 15.0 Å². The number of ether oxygens (including phenoxy) is 2. The van der Waals surface area contributed by atoms with Crippen LogP contribution in [0, 0.1) is 0 Å². The van der Waals surface area contributed by atoms with E-state index >= 15 is 0 Å². The molecule has 0 aliphatic rings. The van der Waals surface area contributed by atoms with E-state index in [1.807, 2.05) is 19.9 Å². The van der Waals surface area contributed by atoms with E-state index in [0.717, 1.165) is 11.1 Å². The molecular formula is C21H24O5. The van der Waals surface area contributed by atoms with Crippen LogP contribution in [-0.4, -0.2) is 30.2 Å². The lowest BCUT2D eigenvalue weighted by Crippen LogP contribution is -2.08. The van der Waals surface area contributed by atoms with Crippen LogP contribution in [0.5, 0.6) is 23.0 Å². The van der Waals surface area contributed by atoms with E-state index in [2.05, 4.69) is 0 Å². The number of carbonyl (C=O) groups is 1. The first-order valence-electron chi connectivity index (χ1n) is 8.28. The molecule has 0 atom stereocenters. The summed E-state index contributed by atoms with van der Waals surface area (Å²) in [6, 6.07) is 8.51. The van der Waals surface area contributed by atoms with Gasteiger partial charge in [0.15, 0.2) is 5.78 Å². The van der Waals surface area contributed by atoms with Crippen LogP contribution in [0.4, 0.5) is 0 Å². The summed E-state index contributed by atoms with van der Waals surface area (Å²) in [5.74, 6) is 0.230. The minimum Gasteiger partial charge on any atom is -0.507 e. The normalized spacial score (nSPS) is 10.3. The van der Waals surface area contributed by atoms with Gasteiger partial charge in [0.2, 0.25) is 0 Å². The van der Waals surface area contributed by atoms with Crippen LogP contribution < -0.4 is 9.47 Å². The predicted molar refractivity (Wildman–Crippen MR) is 100 cm³/mol. The second-order valence-corrected chi connectivity index (χ2v) is 6.23. The molecule has 0 aromatic heterocycles. The third-order valence-electron chi connectivity index (χ3n) is 4.08. The van der Waals surface area contributed by atoms with Gasteiger partial charge < -0.3 is 19.7 Å². The van der Waals surface area contributed by atoms with Crippen molar-refractivity contribution in [2.24, 2.45) is 0 Å². The average Bonchev–Trinajstić information content (AvgIpc) is 2.61. The Kier molecular flexibility index (Phi) is 6.28. The Morgan fingerprint density at radius 2 is 1.73 bits per heavy atom. The highest BCUT2D eigenvalue weighted by molar-refractivity contribution is 6.03. The molecule has 0 radical (unpaired) electrons. The van der Waals surface area contributed by atoms with Gasteiger partial charge in [0, 0.05) is 18.1 Å². The molecule has 138 valence electrons. The molecule has 0 aliphatic carbocycles. The Morgan fingerprint density at radius 1 is 1.08 bits per heavy atom. The maximum absolute atomic E-state index is 12.8. The van der Waals surface area contributed by atoms with Crippen molar-refractivity contribution in [3.8, 4) is 23.0 Å². The quantitative estimate of drug-likeness (QED) is 0.578. The largest absolute Gasteiger partial charge is 0.507 e. The standard InChI is InChI=1S/C21H24O5/c1-13(2)5-10-16-17(22)12-19(26-4)20(21(16)24)18(23)11-14-6-8-15(25-3)9-7-14/h5-9,12,22,24H,10-11H2,1-4H3. The molecule has 0 amide bonds. The number of Topliss-reactive ketones (excluding diaryl/α,β-unsaturated/α-hetero) is 1. The average molecular weight is 356 g/mol. The van der Waals surface area contributed by atoms with Gasteiger partial charge in [-0.15, -0.1) is 0 Å². The van der Waals surface area contributed by atoms with E-state index < -0.39 is 0 Å². The number of allylic oxidation sites excluding steroid dienone is 2. The minimum absolute atomic E-state index is 0.0817. The zero-order valence-corrected chi connectivity index (χ0v) is 15.5. The topological polar surface area (TPSA) is 76.0 Å². The molecule has 2 N–H and O–H groups in total. The number of hydrogen-bond donors (Lipinski definition) is 2. The van der Waals surface area contributed by atoms with E-state index in [-0.39, 0.29) is 35.0 Å². The molecule has 0 bridgehead atoms. The fourth-order valence-corrected chi connectivity index (χ4v) is 2.63. The van der Waals surface area contributed by atoms with Gasteiger partial charge in [-0.05, 0) is 38.0 Å². The van der Waals surface area contributed by atoms with Crippen molar-refractivity contribution in [2.45, 2.75) is 26.7 Å². The zero-order chi connectivity index (χ0) is 19.3. The number of methoxy groups -OCH3 is 2. The second-order valence-electron chi connectivity index (χ2n) is 6.23. The van der Waals surface area contributed by atoms with E-state index in [1.165, 1.54) is 13.2 Å². The van der Waals surface area contributed by atoms with Crippen LogP contribution in [0.1, 0.15) is 35.3 Å². The van der Waals surface area contributed by atoms with Crippen molar-refractivity contribution < 1.29 is 24.5 Å². The predicted octanol–water partition coefficient (Wildman–Crippen LogP) is 4.05. The Balaban J connectivity index is 2.40. The first-order chi connectivity index (χ1) is 12.4. The van der Waals surface area contributed by atoms with Gasteiger partial charge in [0.25, 0.3) is 0 Å². The number of hydrogen-bond acceptors (Lipinski definition) is 5. The third-order valence-corrected chi connectivity index (χ3v) is 4.08. The first-order valence-corrected chi connectivity index (χ1v) is 8.28. The fraction of sp³-hybridized carbons (Fsp3) is 0.286. The number of phenolic OH excluding ortho intramolecular Hbond substituents is 2. The summed E-state index contributed by atoms with van der Waals surface area (Å²) in [5.41, 5.74) is 2.23. The van der Waals surface area contributed by atoms with Crippen LogP contribution in [0.15, 0.2) is 42.0 Å². The molecule has 2 rings (SSSR count). The van der Waals surface area contributed by atoms with Gasteiger partial charge in [-0.25, -0.2) is 0 Å². The van der Waals surface area contributed by atoms with Crippen molar-refractivity contribution in [3.05, 3.63) is 58.7 Å². The number of aromatic hydroxyl groups is 2. The van der Waals surface area contributed by atoms with Crippen molar-refractivity contribution in [2.75, 3.05) is 14.2 Å². The first kappa shape index (κ1) is 19.4. The smallest absolute Gasteiger partial charge is 0.174 e. The summed E-state index contributed by atoms with van der Waals surface area (Å²) in [4.78, 5) is 12.8. The molecule has 0 spiro atoms. The van der Waals surface area contributed by atoms with Gasteiger partial charge in [-0.2, -0.15) is 0 Å². The van der Waals surface area contributed by atoms with E-state index in [0.29, 0.717) is 17.7 Å². The number of rotatable bonds is 7. The van der Waals surface area contributed by atoms with Crippen LogP contribution in [0.2, 0.25) is 0 Å². The minimum atomic E-state index is -0.289. The third kappa shape index (κ3) is 4.36. The zero-order valence-electron chi connectivity index (χ0n) is 15.5. The molecule has 0 aliphatic heterocycles. The Morgan fingerprint density at radius 3 is 2.27 bits per heavy atom. The molecule has 5 nitrogen and oxygen atoms in total. The summed E-state index contributed by atoms with van der Waals surface area (Å²) in [6.45, 7) is 3.85. The molecule has 0 fully saturated rings. The maximum atomic E-state index is 12.8. The highest BCUT2D eigenvalue weighted by atomic mass is 16.5. The van der Waals surface area contributed by atoms with Crippen molar-refractivity contribution in [1.29, 1.82) is 0 Å². The van der Waals surface area contributed by atoms with Gasteiger partial charge in [0.05, 0.1) is 14.2 Å². The van der Waals surface area contributed by atoms with Crippen LogP contribution in [-0.2, 0) is 12.8 Å². The Bertz CT molecular complexity index is 815. The van der Waals surface area contributed by atoms with Gasteiger partial charge in [0.1, 0.15) is 28.6 Å². The molecule has 2 aromatic rings. The lowest BCUT2D eigenvalue weighted by atomic mass is 9.96. The molecule has 2 aromatic carbocycles. The molecule has 5 heteroatoms. The van der Waals surface area contributed by atoms with Crippen LogP contribution in [0.3, 0.4) is 0 Å². The molecule has 0 heterocycles. The van der Waals surface area contributed by atoms with Crippen molar-refractivity contribution >= 4 is 5.78 Å². The summed E-state index contributed by atoms with van der Waals surface area (Å²) in [7, 11) is 2.97. The van der Waals surface area contributed by atoms with Gasteiger partial charge in [-0.3, -0.25) is 4.79 Å². The maximum Gasteiger partial charge on any atom is 0.174 e. The Hall–Kier alpha value is -2.95. The number of carbonyl (C=O) groups excluding carboxylic acids is 1. The summed E-state index contributed by atoms with van der Waals surface area (Å²) < 4.78 is 10.3. The van der Waals surface area contributed by atoms with Crippen molar-refractivity contribution in [1.82, 2.24) is 0 Å². The number of phenols is 2. The van der Waals surface area contributed by atoms with Crippen LogP contribution >= 0.6 is 0 Å². The summed E-state index contributed by atoms with van der Waals surface area (Å²) >= 11 is 0. The number of benzene rings is 2. The highest BCUT2D eigenvalue weighted by Crippen LogP contribution is 2.39. The van der Waals surface area contributed by atoms with Crippen LogP contribution in [0.25, 0.3) is 0 Å². The second kappa shape index (κ2) is 8.43. The summed E-state index contributed by atoms with van der Waals surface area (Å²) in [5, 5.41) is 20.8. The lowest BCUT2D eigenvalue weighted by Gasteiger charge is -2.15. The molecule has 0 unspecified atom stereocenters. The molecule has 0 saturated heterocycles. The monoisotopic (exact) mass is 356 g/mol. The number of ketones is 1. The van der Waals surface area contributed by atoms with Crippen molar-refractivity contribution in [3.63, 3.8) is 0 Å². The summed E-state index contributed by atoms with van der Waals surface area (Å²) in [6.07, 6.45) is 2.30. The fourth-order valence-electron chi connectivity index (χ4n) is 2.63. The lowest BCUT2D eigenvalue weighted by molar-refractivity contribution is 0.0987. The Labute approximate surface area is 153 Å². The SMILES string of the molecule is COc1ccc(CC(=O)c2c(OC)cc(O)c(CC=C(C)C)c2O)cc1.